The molecule has 3 aliphatic carbocycles. The second-order valence-electron chi connectivity index (χ2n) is 5.98. The van der Waals surface area contributed by atoms with Gasteiger partial charge in [-0.1, -0.05) is 19.8 Å². The molecule has 78 valence electrons. The summed E-state index contributed by atoms with van der Waals surface area (Å²) in [5.41, 5.74) is 1.00. The van der Waals surface area contributed by atoms with E-state index in [2.05, 4.69) is 6.92 Å². The summed E-state index contributed by atoms with van der Waals surface area (Å²) in [4.78, 5) is 11.8. The molecule has 0 heterocycles. The molecule has 3 rings (SSSR count). The Balaban J connectivity index is 1.99. The molecule has 0 aromatic carbocycles. The summed E-state index contributed by atoms with van der Waals surface area (Å²) in [6.45, 7) is 2.46. The van der Waals surface area contributed by atoms with Gasteiger partial charge in [0.1, 0.15) is 5.78 Å². The third-order valence-corrected chi connectivity index (χ3v) is 5.66. The molecule has 3 fully saturated rings. The van der Waals surface area contributed by atoms with Crippen molar-refractivity contribution in [2.75, 3.05) is 0 Å². The van der Waals surface area contributed by atoms with Crippen LogP contribution in [0.2, 0.25) is 0 Å². The molecule has 3 aliphatic rings. The highest BCUT2D eigenvalue weighted by atomic mass is 16.1. The lowest BCUT2D eigenvalue weighted by atomic mass is 9.39. The van der Waals surface area contributed by atoms with Gasteiger partial charge in [0.05, 0.1) is 0 Å². The molecule has 0 amide bonds. The summed E-state index contributed by atoms with van der Waals surface area (Å²) >= 11 is 0. The molecule has 0 aliphatic heterocycles. The Morgan fingerprint density at radius 1 is 1.14 bits per heavy atom. The van der Waals surface area contributed by atoms with Gasteiger partial charge in [-0.05, 0) is 42.9 Å². The van der Waals surface area contributed by atoms with E-state index in [0.717, 1.165) is 6.42 Å². The Bertz CT molecular complexity index is 283. The van der Waals surface area contributed by atoms with Crippen LogP contribution in [0.25, 0.3) is 0 Å². The number of carbonyl (C=O) groups excluding carboxylic acids is 1. The molecule has 14 heavy (non-hydrogen) atoms. The predicted molar refractivity (Wildman–Crippen MR) is 56.0 cm³/mol. The van der Waals surface area contributed by atoms with E-state index in [9.17, 15) is 4.79 Å². The van der Waals surface area contributed by atoms with Crippen LogP contribution in [0, 0.1) is 16.7 Å². The van der Waals surface area contributed by atoms with Gasteiger partial charge in [0.15, 0.2) is 0 Å². The fraction of sp³-hybridized carbons (Fsp3) is 0.923. The molecule has 0 unspecified atom stereocenters. The molecule has 1 nitrogen and oxygen atoms in total. The molecule has 1 spiro atoms. The first-order valence-electron chi connectivity index (χ1n) is 6.21. The second-order valence-corrected chi connectivity index (χ2v) is 5.98. The number of ketones is 1. The molecule has 0 aromatic rings. The van der Waals surface area contributed by atoms with Gasteiger partial charge in [-0.15, -0.1) is 0 Å². The van der Waals surface area contributed by atoms with Crippen LogP contribution in [-0.2, 0) is 4.79 Å². The molecule has 0 aromatic heterocycles. The SMILES string of the molecule is C[C@]12CCCC[C@]13CC[C@@H]3C(=O)CC2. The number of hydrogen-bond acceptors (Lipinski definition) is 1. The van der Waals surface area contributed by atoms with Crippen LogP contribution in [0.5, 0.6) is 0 Å². The fourth-order valence-corrected chi connectivity index (χ4v) is 4.58. The molecular weight excluding hydrogens is 172 g/mol. The lowest BCUT2D eigenvalue weighted by Crippen LogP contribution is -2.59. The maximum absolute atomic E-state index is 11.8. The van der Waals surface area contributed by atoms with Gasteiger partial charge >= 0.3 is 0 Å². The van der Waals surface area contributed by atoms with Crippen molar-refractivity contribution in [3.63, 3.8) is 0 Å². The van der Waals surface area contributed by atoms with Crippen LogP contribution in [0.3, 0.4) is 0 Å². The highest BCUT2D eigenvalue weighted by Crippen LogP contribution is 2.68. The topological polar surface area (TPSA) is 17.1 Å². The van der Waals surface area contributed by atoms with Gasteiger partial charge < -0.3 is 0 Å². The summed E-state index contributed by atoms with van der Waals surface area (Å²) in [7, 11) is 0. The first-order chi connectivity index (χ1) is 6.68. The Morgan fingerprint density at radius 3 is 2.64 bits per heavy atom. The maximum atomic E-state index is 11.8. The van der Waals surface area contributed by atoms with E-state index in [1.54, 1.807) is 0 Å². The molecular formula is C13H20O. The molecule has 0 bridgehead atoms. The van der Waals surface area contributed by atoms with Gasteiger partial charge in [0.25, 0.3) is 0 Å². The minimum absolute atomic E-state index is 0.473. The summed E-state index contributed by atoms with van der Waals surface area (Å²) in [6, 6.07) is 0. The molecule has 0 N–H and O–H groups in total. The minimum atomic E-state index is 0.473. The third-order valence-electron chi connectivity index (χ3n) is 5.66. The van der Waals surface area contributed by atoms with Crippen LogP contribution >= 0.6 is 0 Å². The van der Waals surface area contributed by atoms with Crippen molar-refractivity contribution in [1.29, 1.82) is 0 Å². The highest BCUT2D eigenvalue weighted by Gasteiger charge is 2.62. The van der Waals surface area contributed by atoms with Crippen LogP contribution in [0.1, 0.15) is 58.3 Å². The Hall–Kier alpha value is -0.330. The van der Waals surface area contributed by atoms with Gasteiger partial charge in [0.2, 0.25) is 0 Å². The van der Waals surface area contributed by atoms with Crippen LogP contribution in [-0.4, -0.2) is 5.78 Å². The Labute approximate surface area is 86.3 Å². The molecule has 3 atom stereocenters. The fourth-order valence-electron chi connectivity index (χ4n) is 4.58. The lowest BCUT2D eigenvalue weighted by Gasteiger charge is -2.64. The van der Waals surface area contributed by atoms with E-state index in [4.69, 9.17) is 0 Å². The largest absolute Gasteiger partial charge is 0.299 e. The molecule has 3 saturated carbocycles. The average molecular weight is 192 g/mol. The summed E-state index contributed by atoms with van der Waals surface area (Å²) in [5.74, 6) is 1.07. The van der Waals surface area contributed by atoms with Gasteiger partial charge in [-0.2, -0.15) is 0 Å². The minimum Gasteiger partial charge on any atom is -0.299 e. The summed E-state index contributed by atoms with van der Waals surface area (Å²) in [6.07, 6.45) is 10.1. The standard InChI is InChI=1S/C13H20O/c1-12-6-2-3-7-13(12)9-4-10(13)11(14)5-8-12/h10H,2-9H2,1H3/t10-,12-,13-/m1/s1. The Morgan fingerprint density at radius 2 is 1.93 bits per heavy atom. The first kappa shape index (κ1) is 8.94. The van der Waals surface area contributed by atoms with Crippen molar-refractivity contribution in [2.45, 2.75) is 58.3 Å². The van der Waals surface area contributed by atoms with Crippen molar-refractivity contribution in [2.24, 2.45) is 16.7 Å². The van der Waals surface area contributed by atoms with Crippen LogP contribution in [0.4, 0.5) is 0 Å². The Kier molecular flexibility index (Phi) is 1.67. The third kappa shape index (κ3) is 0.844. The van der Waals surface area contributed by atoms with E-state index in [-0.39, 0.29) is 0 Å². The van der Waals surface area contributed by atoms with E-state index >= 15 is 0 Å². The normalized spacial score (nSPS) is 51.8. The van der Waals surface area contributed by atoms with Gasteiger partial charge in [-0.25, -0.2) is 0 Å². The van der Waals surface area contributed by atoms with Gasteiger partial charge in [0, 0.05) is 12.3 Å². The van der Waals surface area contributed by atoms with Crippen molar-refractivity contribution >= 4 is 5.78 Å². The first-order valence-corrected chi connectivity index (χ1v) is 6.21. The van der Waals surface area contributed by atoms with E-state index in [0.29, 0.717) is 22.5 Å². The molecule has 1 heteroatoms. The number of hydrogen-bond donors (Lipinski definition) is 0. The molecule has 0 radical (unpaired) electrons. The quantitative estimate of drug-likeness (QED) is 0.575. The number of rotatable bonds is 0. The van der Waals surface area contributed by atoms with E-state index < -0.39 is 0 Å². The number of carbonyl (C=O) groups is 1. The van der Waals surface area contributed by atoms with E-state index in [1.165, 1.54) is 44.9 Å². The second kappa shape index (κ2) is 2.62. The maximum Gasteiger partial charge on any atom is 0.136 e. The zero-order valence-electron chi connectivity index (χ0n) is 9.14. The average Bonchev–Trinajstić information content (AvgIpc) is 2.12. The smallest absolute Gasteiger partial charge is 0.136 e. The van der Waals surface area contributed by atoms with Crippen molar-refractivity contribution in [3.8, 4) is 0 Å². The number of Topliss-reactive ketones (excluding diaryl/α,β-unsaturated/α-hetero) is 1. The monoisotopic (exact) mass is 192 g/mol. The zero-order valence-corrected chi connectivity index (χ0v) is 9.14. The summed E-state index contributed by atoms with van der Waals surface area (Å²) < 4.78 is 0. The van der Waals surface area contributed by atoms with Crippen LogP contribution in [0.15, 0.2) is 0 Å². The van der Waals surface area contributed by atoms with E-state index in [1.807, 2.05) is 0 Å². The van der Waals surface area contributed by atoms with Crippen molar-refractivity contribution in [1.82, 2.24) is 0 Å². The molecule has 0 saturated heterocycles. The lowest BCUT2D eigenvalue weighted by molar-refractivity contribution is -0.173. The van der Waals surface area contributed by atoms with Crippen molar-refractivity contribution in [3.05, 3.63) is 0 Å². The van der Waals surface area contributed by atoms with Crippen molar-refractivity contribution < 1.29 is 4.79 Å². The zero-order chi connectivity index (χ0) is 9.81. The van der Waals surface area contributed by atoms with Crippen LogP contribution < -0.4 is 0 Å². The van der Waals surface area contributed by atoms with Gasteiger partial charge in [-0.3, -0.25) is 4.79 Å². The predicted octanol–water partition coefficient (Wildman–Crippen LogP) is 3.33. The summed E-state index contributed by atoms with van der Waals surface area (Å²) in [5, 5.41) is 0. The highest BCUT2D eigenvalue weighted by molar-refractivity contribution is 5.84.